The number of carbonyl (C=O) groups is 2. The highest BCUT2D eigenvalue weighted by Crippen LogP contribution is 2.09. The molecule has 1 aromatic carbocycles. The van der Waals surface area contributed by atoms with E-state index in [4.69, 9.17) is 10.4 Å². The highest BCUT2D eigenvalue weighted by Gasteiger charge is 2.02. The predicted octanol–water partition coefficient (Wildman–Crippen LogP) is 1.15. The molecule has 0 saturated heterocycles. The largest absolute Gasteiger partial charge is 0.481 e. The van der Waals surface area contributed by atoms with E-state index in [1.807, 2.05) is 0 Å². The molecule has 6 heteroatoms. The number of nitrogens with one attached hydrogen (secondary N) is 2. The average molecular weight is 275 g/mol. The molecule has 0 saturated carbocycles. The maximum Gasteiger partial charge on any atom is 0.303 e. The maximum atomic E-state index is 11.6. The normalized spacial score (nSPS) is 9.75. The van der Waals surface area contributed by atoms with E-state index < -0.39 is 5.97 Å². The molecule has 1 amide bonds. The SMILES string of the molecule is N#CCc1ccc(NC(=O)CNCCCC(=O)O)cc1. The molecular formula is C14H17N3O3. The van der Waals surface area contributed by atoms with Crippen molar-refractivity contribution in [1.82, 2.24) is 5.32 Å². The minimum Gasteiger partial charge on any atom is -0.481 e. The minimum atomic E-state index is -0.839. The lowest BCUT2D eigenvalue weighted by Crippen LogP contribution is -2.29. The summed E-state index contributed by atoms with van der Waals surface area (Å²) in [6.07, 6.45) is 0.930. The summed E-state index contributed by atoms with van der Waals surface area (Å²) in [6.45, 7) is 0.625. The van der Waals surface area contributed by atoms with Crippen LogP contribution in [0.1, 0.15) is 18.4 Å². The lowest BCUT2D eigenvalue weighted by atomic mass is 10.1. The van der Waals surface area contributed by atoms with Crippen LogP contribution in [0.4, 0.5) is 5.69 Å². The Morgan fingerprint density at radius 2 is 1.95 bits per heavy atom. The quantitative estimate of drug-likeness (QED) is 0.617. The zero-order valence-corrected chi connectivity index (χ0v) is 11.1. The number of benzene rings is 1. The molecule has 1 rings (SSSR count). The zero-order chi connectivity index (χ0) is 14.8. The third-order valence-electron chi connectivity index (χ3n) is 2.55. The van der Waals surface area contributed by atoms with Crippen molar-refractivity contribution >= 4 is 17.6 Å². The number of anilines is 1. The van der Waals surface area contributed by atoms with Gasteiger partial charge in [0.25, 0.3) is 0 Å². The van der Waals surface area contributed by atoms with Crippen LogP contribution in [0.2, 0.25) is 0 Å². The van der Waals surface area contributed by atoms with Crippen LogP contribution in [0.25, 0.3) is 0 Å². The maximum absolute atomic E-state index is 11.6. The van der Waals surface area contributed by atoms with Gasteiger partial charge in [0, 0.05) is 12.1 Å². The van der Waals surface area contributed by atoms with Crippen molar-refractivity contribution in [1.29, 1.82) is 5.26 Å². The van der Waals surface area contributed by atoms with Gasteiger partial charge in [-0.2, -0.15) is 5.26 Å². The number of hydrogen-bond acceptors (Lipinski definition) is 4. The van der Waals surface area contributed by atoms with Crippen LogP contribution in [-0.2, 0) is 16.0 Å². The molecule has 0 spiro atoms. The van der Waals surface area contributed by atoms with Gasteiger partial charge in [0.15, 0.2) is 0 Å². The van der Waals surface area contributed by atoms with Gasteiger partial charge in [-0.05, 0) is 30.7 Å². The Hall–Kier alpha value is -2.39. The number of aliphatic carboxylic acids is 1. The molecule has 0 aliphatic rings. The Morgan fingerprint density at radius 3 is 2.55 bits per heavy atom. The van der Waals surface area contributed by atoms with Crippen LogP contribution in [-0.4, -0.2) is 30.1 Å². The Balaban J connectivity index is 2.25. The zero-order valence-electron chi connectivity index (χ0n) is 11.1. The Bertz CT molecular complexity index is 491. The van der Waals surface area contributed by atoms with Crippen LogP contribution in [0.3, 0.4) is 0 Å². The summed E-state index contributed by atoms with van der Waals surface area (Å²) in [5.74, 6) is -1.03. The number of hydrogen-bond donors (Lipinski definition) is 3. The van der Waals surface area contributed by atoms with E-state index in [0.29, 0.717) is 25.1 Å². The van der Waals surface area contributed by atoms with E-state index in [9.17, 15) is 9.59 Å². The van der Waals surface area contributed by atoms with E-state index in [1.165, 1.54) is 0 Å². The third kappa shape index (κ3) is 6.52. The number of rotatable bonds is 8. The lowest BCUT2D eigenvalue weighted by Gasteiger charge is -2.06. The van der Waals surface area contributed by atoms with Crippen molar-refractivity contribution in [3.8, 4) is 6.07 Å². The smallest absolute Gasteiger partial charge is 0.303 e. The molecule has 0 fully saturated rings. The van der Waals surface area contributed by atoms with E-state index in [-0.39, 0.29) is 18.9 Å². The summed E-state index contributed by atoms with van der Waals surface area (Å²) in [6, 6.07) is 9.12. The highest BCUT2D eigenvalue weighted by molar-refractivity contribution is 5.92. The molecule has 106 valence electrons. The fourth-order valence-corrected chi connectivity index (χ4v) is 1.57. The summed E-state index contributed by atoms with van der Waals surface area (Å²) >= 11 is 0. The fourth-order valence-electron chi connectivity index (χ4n) is 1.57. The molecule has 0 aliphatic heterocycles. The molecule has 3 N–H and O–H groups in total. The van der Waals surface area contributed by atoms with Gasteiger partial charge in [-0.15, -0.1) is 0 Å². The fraction of sp³-hybridized carbons (Fsp3) is 0.357. The summed E-state index contributed by atoms with van der Waals surface area (Å²) in [5.41, 5.74) is 1.57. The molecule has 0 bridgehead atoms. The van der Waals surface area contributed by atoms with Gasteiger partial charge in [0.1, 0.15) is 0 Å². The number of nitrogens with zero attached hydrogens (tertiary/aromatic N) is 1. The van der Waals surface area contributed by atoms with Gasteiger partial charge in [0.05, 0.1) is 19.0 Å². The second kappa shape index (κ2) is 8.67. The van der Waals surface area contributed by atoms with Crippen LogP contribution >= 0.6 is 0 Å². The second-order valence-corrected chi connectivity index (χ2v) is 4.25. The molecule has 6 nitrogen and oxygen atoms in total. The number of nitriles is 1. The van der Waals surface area contributed by atoms with E-state index in [0.717, 1.165) is 5.56 Å². The molecule has 0 aromatic heterocycles. The topological polar surface area (TPSA) is 102 Å². The van der Waals surface area contributed by atoms with Crippen molar-refractivity contribution in [3.05, 3.63) is 29.8 Å². The Morgan fingerprint density at radius 1 is 1.25 bits per heavy atom. The first-order valence-electron chi connectivity index (χ1n) is 6.30. The molecule has 0 heterocycles. The number of carboxylic acids is 1. The van der Waals surface area contributed by atoms with Gasteiger partial charge < -0.3 is 15.7 Å². The Kier molecular flexibility index (Phi) is 6.79. The van der Waals surface area contributed by atoms with Crippen LogP contribution in [0.15, 0.2) is 24.3 Å². The van der Waals surface area contributed by atoms with Gasteiger partial charge in [-0.1, -0.05) is 12.1 Å². The first-order valence-corrected chi connectivity index (χ1v) is 6.30. The monoisotopic (exact) mass is 275 g/mol. The summed E-state index contributed by atoms with van der Waals surface area (Å²) in [4.78, 5) is 21.9. The molecule has 0 unspecified atom stereocenters. The van der Waals surface area contributed by atoms with E-state index >= 15 is 0 Å². The van der Waals surface area contributed by atoms with Crippen molar-refractivity contribution in [2.24, 2.45) is 0 Å². The van der Waals surface area contributed by atoms with Gasteiger partial charge in [-0.3, -0.25) is 9.59 Å². The first kappa shape index (κ1) is 15.7. The highest BCUT2D eigenvalue weighted by atomic mass is 16.4. The molecular weight excluding hydrogens is 258 g/mol. The molecule has 0 radical (unpaired) electrons. The summed E-state index contributed by atoms with van der Waals surface area (Å²) < 4.78 is 0. The van der Waals surface area contributed by atoms with Crippen molar-refractivity contribution in [2.75, 3.05) is 18.4 Å². The van der Waals surface area contributed by atoms with Gasteiger partial charge in [-0.25, -0.2) is 0 Å². The Labute approximate surface area is 117 Å². The molecule has 1 aromatic rings. The molecule has 0 aliphatic carbocycles. The van der Waals surface area contributed by atoms with Crippen molar-refractivity contribution in [2.45, 2.75) is 19.3 Å². The third-order valence-corrected chi connectivity index (χ3v) is 2.55. The second-order valence-electron chi connectivity index (χ2n) is 4.25. The van der Waals surface area contributed by atoms with Gasteiger partial charge in [0.2, 0.25) is 5.91 Å². The van der Waals surface area contributed by atoms with Crippen molar-refractivity contribution < 1.29 is 14.7 Å². The lowest BCUT2D eigenvalue weighted by molar-refractivity contribution is -0.137. The number of carboxylic acid groups (broad SMARTS) is 1. The standard InChI is InChI=1S/C14H17N3O3/c15-8-7-11-3-5-12(6-4-11)17-13(18)10-16-9-1-2-14(19)20/h3-6,16H,1-2,7,9-10H2,(H,17,18)(H,19,20). The van der Waals surface area contributed by atoms with Gasteiger partial charge >= 0.3 is 5.97 Å². The predicted molar refractivity (Wildman–Crippen MR) is 74.1 cm³/mol. The van der Waals surface area contributed by atoms with Crippen LogP contribution < -0.4 is 10.6 Å². The molecule has 0 atom stereocenters. The van der Waals surface area contributed by atoms with E-state index in [2.05, 4.69) is 16.7 Å². The number of amides is 1. The van der Waals surface area contributed by atoms with Crippen molar-refractivity contribution in [3.63, 3.8) is 0 Å². The average Bonchev–Trinajstić information content (AvgIpc) is 2.40. The minimum absolute atomic E-state index is 0.0922. The van der Waals surface area contributed by atoms with Crippen LogP contribution in [0, 0.1) is 11.3 Å². The molecule has 20 heavy (non-hydrogen) atoms. The van der Waals surface area contributed by atoms with Crippen LogP contribution in [0.5, 0.6) is 0 Å². The van der Waals surface area contributed by atoms with E-state index in [1.54, 1.807) is 24.3 Å². The number of carbonyl (C=O) groups excluding carboxylic acids is 1. The first-order chi connectivity index (χ1) is 9.61. The summed E-state index contributed by atoms with van der Waals surface area (Å²) in [7, 11) is 0. The summed E-state index contributed by atoms with van der Waals surface area (Å²) in [5, 5.41) is 22.6.